The van der Waals surface area contributed by atoms with E-state index < -0.39 is 39.8 Å². The van der Waals surface area contributed by atoms with E-state index in [0.29, 0.717) is 24.8 Å². The van der Waals surface area contributed by atoms with Gasteiger partial charge in [0.05, 0.1) is 16.5 Å². The lowest BCUT2D eigenvalue weighted by atomic mass is 10.0. The average Bonchev–Trinajstić information content (AvgIpc) is 2.73. The third-order valence-electron chi connectivity index (χ3n) is 5.18. The van der Waals surface area contributed by atoms with Crippen molar-refractivity contribution in [2.45, 2.75) is 49.3 Å². The smallest absolute Gasteiger partial charge is 0.348 e. The van der Waals surface area contributed by atoms with E-state index in [1.165, 1.54) is 28.6 Å². The van der Waals surface area contributed by atoms with Gasteiger partial charge in [-0.05, 0) is 49.6 Å². The number of nitrogens with one attached hydrogen (secondary N) is 1. The average molecular weight is 440 g/mol. The molecule has 30 heavy (non-hydrogen) atoms. The highest BCUT2D eigenvalue weighted by Gasteiger charge is 2.38. The van der Waals surface area contributed by atoms with Crippen molar-refractivity contribution in [1.82, 2.24) is 9.62 Å². The van der Waals surface area contributed by atoms with Crippen LogP contribution >= 0.6 is 0 Å². The van der Waals surface area contributed by atoms with Crippen LogP contribution in [0.1, 0.15) is 43.4 Å². The molecule has 1 aliphatic heterocycles. The minimum atomic E-state index is -4.48. The number of nitrogens with zero attached hydrogens (tertiary/aromatic N) is 1. The van der Waals surface area contributed by atoms with Gasteiger partial charge in [-0.2, -0.15) is 17.5 Å². The molecule has 162 valence electrons. The van der Waals surface area contributed by atoms with Gasteiger partial charge >= 0.3 is 6.18 Å². The largest absolute Gasteiger partial charge is 0.416 e. The molecule has 9 heteroatoms. The summed E-state index contributed by atoms with van der Waals surface area (Å²) in [5.41, 5.74) is -0.501. The molecule has 1 fully saturated rings. The van der Waals surface area contributed by atoms with Gasteiger partial charge in [0.1, 0.15) is 6.04 Å². The van der Waals surface area contributed by atoms with Gasteiger partial charge in [-0.1, -0.05) is 36.8 Å². The molecule has 2 atom stereocenters. The molecule has 1 saturated heterocycles. The van der Waals surface area contributed by atoms with Gasteiger partial charge in [-0.15, -0.1) is 0 Å². The highest BCUT2D eigenvalue weighted by molar-refractivity contribution is 7.89. The summed E-state index contributed by atoms with van der Waals surface area (Å²) in [6.45, 7) is 1.79. The third-order valence-corrected chi connectivity index (χ3v) is 7.10. The lowest BCUT2D eigenvalue weighted by molar-refractivity contribution is -0.137. The van der Waals surface area contributed by atoms with Crippen LogP contribution in [0.2, 0.25) is 0 Å². The minimum absolute atomic E-state index is 0.107. The van der Waals surface area contributed by atoms with E-state index in [2.05, 4.69) is 5.32 Å². The Kier molecular flexibility index (Phi) is 6.52. The molecule has 1 heterocycles. The van der Waals surface area contributed by atoms with E-state index in [0.717, 1.165) is 12.1 Å². The summed E-state index contributed by atoms with van der Waals surface area (Å²) in [5, 5.41) is 2.69. The van der Waals surface area contributed by atoms with Gasteiger partial charge in [-0.25, -0.2) is 8.42 Å². The Labute approximate surface area is 173 Å². The van der Waals surface area contributed by atoms with E-state index in [9.17, 15) is 26.4 Å². The number of sulfonamides is 1. The summed E-state index contributed by atoms with van der Waals surface area (Å²) >= 11 is 0. The van der Waals surface area contributed by atoms with Gasteiger partial charge in [0, 0.05) is 6.54 Å². The number of carbonyl (C=O) groups excluding carboxylic acids is 1. The molecule has 2 unspecified atom stereocenters. The molecule has 0 bridgehead atoms. The highest BCUT2D eigenvalue weighted by atomic mass is 32.2. The lowest BCUT2D eigenvalue weighted by Gasteiger charge is -2.34. The number of benzene rings is 2. The zero-order valence-corrected chi connectivity index (χ0v) is 17.2. The summed E-state index contributed by atoms with van der Waals surface area (Å²) in [5.74, 6) is -0.515. The third kappa shape index (κ3) is 4.84. The fourth-order valence-corrected chi connectivity index (χ4v) is 5.24. The van der Waals surface area contributed by atoms with Crippen LogP contribution in [0.25, 0.3) is 0 Å². The zero-order valence-electron chi connectivity index (χ0n) is 16.4. The first-order valence-electron chi connectivity index (χ1n) is 9.65. The van der Waals surface area contributed by atoms with E-state index in [1.54, 1.807) is 25.1 Å². The van der Waals surface area contributed by atoms with Crippen LogP contribution < -0.4 is 5.32 Å². The maximum Gasteiger partial charge on any atom is 0.416 e. The van der Waals surface area contributed by atoms with Crippen molar-refractivity contribution >= 4 is 15.9 Å². The van der Waals surface area contributed by atoms with Gasteiger partial charge in [0.25, 0.3) is 0 Å². The SMILES string of the molecule is CC(NC(=O)C1CCCCN1S(=O)(=O)c1ccccc1)c1cccc(C(F)(F)F)c1. The first-order valence-corrected chi connectivity index (χ1v) is 11.1. The summed E-state index contributed by atoms with van der Waals surface area (Å²) in [4.78, 5) is 13.0. The van der Waals surface area contributed by atoms with Crippen LogP contribution in [0.15, 0.2) is 59.5 Å². The number of amides is 1. The van der Waals surface area contributed by atoms with E-state index in [4.69, 9.17) is 0 Å². The molecule has 1 N–H and O–H groups in total. The molecule has 0 saturated carbocycles. The van der Waals surface area contributed by atoms with Gasteiger partial charge in [-0.3, -0.25) is 4.79 Å². The quantitative estimate of drug-likeness (QED) is 0.761. The second kappa shape index (κ2) is 8.77. The van der Waals surface area contributed by atoms with Crippen molar-refractivity contribution in [3.63, 3.8) is 0 Å². The molecule has 1 aliphatic rings. The number of alkyl halides is 3. The molecule has 1 amide bonds. The first kappa shape index (κ1) is 22.3. The fraction of sp³-hybridized carbons (Fsp3) is 0.381. The van der Waals surface area contributed by atoms with Gasteiger partial charge in [0.15, 0.2) is 0 Å². The first-order chi connectivity index (χ1) is 14.1. The summed E-state index contributed by atoms with van der Waals surface area (Å²) < 4.78 is 66.2. The molecular weight excluding hydrogens is 417 g/mol. The maximum absolute atomic E-state index is 13.0. The predicted molar refractivity (Wildman–Crippen MR) is 106 cm³/mol. The van der Waals surface area contributed by atoms with E-state index in [1.807, 2.05) is 0 Å². The van der Waals surface area contributed by atoms with Crippen molar-refractivity contribution in [2.75, 3.05) is 6.54 Å². The van der Waals surface area contributed by atoms with Crippen molar-refractivity contribution in [3.8, 4) is 0 Å². The number of hydrogen-bond donors (Lipinski definition) is 1. The van der Waals surface area contributed by atoms with Crippen LogP contribution in [0.3, 0.4) is 0 Å². The number of piperidine rings is 1. The van der Waals surface area contributed by atoms with Crippen LogP contribution in [-0.2, 0) is 21.0 Å². The van der Waals surface area contributed by atoms with Crippen LogP contribution in [0.4, 0.5) is 13.2 Å². The molecule has 0 aromatic heterocycles. The van der Waals surface area contributed by atoms with E-state index >= 15 is 0 Å². The zero-order chi connectivity index (χ0) is 21.9. The Morgan fingerprint density at radius 2 is 1.80 bits per heavy atom. The Morgan fingerprint density at radius 3 is 2.47 bits per heavy atom. The Bertz CT molecular complexity index is 994. The van der Waals surface area contributed by atoms with Crippen molar-refractivity contribution in [2.24, 2.45) is 0 Å². The predicted octanol–water partition coefficient (Wildman–Crippen LogP) is 4.13. The molecule has 2 aromatic carbocycles. The second-order valence-electron chi connectivity index (χ2n) is 7.29. The van der Waals surface area contributed by atoms with Crippen LogP contribution in [0.5, 0.6) is 0 Å². The lowest BCUT2D eigenvalue weighted by Crippen LogP contribution is -2.52. The number of rotatable bonds is 5. The van der Waals surface area contributed by atoms with Crippen molar-refractivity contribution < 1.29 is 26.4 Å². The van der Waals surface area contributed by atoms with Gasteiger partial charge < -0.3 is 5.32 Å². The maximum atomic E-state index is 13.0. The number of halogens is 3. The van der Waals surface area contributed by atoms with Crippen molar-refractivity contribution in [1.29, 1.82) is 0 Å². The molecule has 5 nitrogen and oxygen atoms in total. The Hall–Kier alpha value is -2.39. The standard InChI is InChI=1S/C21H23F3N2O3S/c1-15(16-8-7-9-17(14-16)21(22,23)24)25-20(27)19-12-5-6-13-26(19)30(28,29)18-10-3-2-4-11-18/h2-4,7-11,14-15,19H,5-6,12-13H2,1H3,(H,25,27). The molecule has 2 aromatic rings. The fourth-order valence-electron chi connectivity index (χ4n) is 3.56. The van der Waals surface area contributed by atoms with Gasteiger partial charge in [0.2, 0.25) is 15.9 Å². The summed E-state index contributed by atoms with van der Waals surface area (Å²) in [7, 11) is -3.86. The summed E-state index contributed by atoms with van der Waals surface area (Å²) in [6.07, 6.45) is -2.80. The molecule has 0 spiro atoms. The van der Waals surface area contributed by atoms with Crippen molar-refractivity contribution in [3.05, 3.63) is 65.7 Å². The number of hydrogen-bond acceptors (Lipinski definition) is 3. The van der Waals surface area contributed by atoms with Crippen LogP contribution in [0, 0.1) is 0 Å². The molecular formula is C21H23F3N2O3S. The molecule has 3 rings (SSSR count). The summed E-state index contributed by atoms with van der Waals surface area (Å²) in [6, 6.07) is 11.0. The van der Waals surface area contributed by atoms with E-state index in [-0.39, 0.29) is 11.4 Å². The topological polar surface area (TPSA) is 66.5 Å². The normalized spacial score (nSPS) is 19.3. The molecule has 0 aliphatic carbocycles. The number of carbonyl (C=O) groups is 1. The minimum Gasteiger partial charge on any atom is -0.348 e. The van der Waals surface area contributed by atoms with Crippen LogP contribution in [-0.4, -0.2) is 31.2 Å². The Balaban J connectivity index is 1.79. The monoisotopic (exact) mass is 440 g/mol. The highest BCUT2D eigenvalue weighted by Crippen LogP contribution is 2.31. The second-order valence-corrected chi connectivity index (χ2v) is 9.18. The Morgan fingerprint density at radius 1 is 1.10 bits per heavy atom. The molecule has 0 radical (unpaired) electrons.